The zero-order chi connectivity index (χ0) is 10.8. The van der Waals surface area contributed by atoms with E-state index in [0.717, 1.165) is 12.0 Å². The Balaban J connectivity index is 2.11. The zero-order valence-corrected chi connectivity index (χ0v) is 8.98. The molecule has 3 heteroatoms. The third-order valence-corrected chi connectivity index (χ3v) is 2.93. The first kappa shape index (κ1) is 10.5. The number of hydrogen-bond donors (Lipinski definition) is 3. The second kappa shape index (κ2) is 4.21. The van der Waals surface area contributed by atoms with Crippen LogP contribution in [0, 0.1) is 5.92 Å². The summed E-state index contributed by atoms with van der Waals surface area (Å²) in [4.78, 5) is 0. The summed E-state index contributed by atoms with van der Waals surface area (Å²) in [5, 5.41) is 12.4. The van der Waals surface area contributed by atoms with Gasteiger partial charge in [-0.05, 0) is 25.1 Å². The van der Waals surface area contributed by atoms with Crippen molar-refractivity contribution in [2.75, 3.05) is 6.61 Å². The maximum absolute atomic E-state index is 9.19. The Bertz CT molecular complexity index is 329. The van der Waals surface area contributed by atoms with Gasteiger partial charge in [-0.3, -0.25) is 0 Å². The molecule has 0 radical (unpaired) electrons. The van der Waals surface area contributed by atoms with Gasteiger partial charge >= 0.3 is 0 Å². The van der Waals surface area contributed by atoms with Crippen molar-refractivity contribution in [3.05, 3.63) is 35.6 Å². The standard InChI is InChI=1S/C12H18N2O/c1-8(13)4-9-2-3-12-11(5-9)10(7-15)6-14-12/h2-3,5-6,8,11-12,14-15H,4,7,13H2,1H3. The van der Waals surface area contributed by atoms with Crippen LogP contribution in [0.5, 0.6) is 0 Å². The van der Waals surface area contributed by atoms with Gasteiger partial charge in [0, 0.05) is 12.0 Å². The van der Waals surface area contributed by atoms with Crippen molar-refractivity contribution in [1.29, 1.82) is 0 Å². The zero-order valence-electron chi connectivity index (χ0n) is 8.98. The quantitative estimate of drug-likeness (QED) is 0.636. The van der Waals surface area contributed by atoms with E-state index in [-0.39, 0.29) is 12.6 Å². The van der Waals surface area contributed by atoms with E-state index in [1.54, 1.807) is 0 Å². The average molecular weight is 206 g/mol. The predicted molar refractivity (Wildman–Crippen MR) is 61.1 cm³/mol. The van der Waals surface area contributed by atoms with Crippen LogP contribution in [0.1, 0.15) is 13.3 Å². The fourth-order valence-corrected chi connectivity index (χ4v) is 2.19. The van der Waals surface area contributed by atoms with Crippen LogP contribution in [0.2, 0.25) is 0 Å². The van der Waals surface area contributed by atoms with Gasteiger partial charge in [0.2, 0.25) is 0 Å². The maximum Gasteiger partial charge on any atom is 0.0665 e. The van der Waals surface area contributed by atoms with Crippen molar-refractivity contribution in [3.8, 4) is 0 Å². The lowest BCUT2D eigenvalue weighted by molar-refractivity contribution is 0.320. The lowest BCUT2D eigenvalue weighted by Gasteiger charge is -2.22. The molecule has 0 aromatic rings. The highest BCUT2D eigenvalue weighted by atomic mass is 16.3. The minimum absolute atomic E-state index is 0.129. The maximum atomic E-state index is 9.19. The molecule has 82 valence electrons. The monoisotopic (exact) mass is 206 g/mol. The van der Waals surface area contributed by atoms with Gasteiger partial charge in [-0.1, -0.05) is 23.8 Å². The molecule has 2 aliphatic rings. The highest BCUT2D eigenvalue weighted by molar-refractivity contribution is 5.36. The van der Waals surface area contributed by atoms with E-state index in [2.05, 4.69) is 23.5 Å². The van der Waals surface area contributed by atoms with Gasteiger partial charge in [0.15, 0.2) is 0 Å². The van der Waals surface area contributed by atoms with Crippen LogP contribution in [0.4, 0.5) is 0 Å². The number of allylic oxidation sites excluding steroid dienone is 1. The predicted octanol–water partition coefficient (Wildman–Crippen LogP) is 0.684. The molecule has 4 N–H and O–H groups in total. The second-order valence-electron chi connectivity index (χ2n) is 4.38. The summed E-state index contributed by atoms with van der Waals surface area (Å²) in [5.41, 5.74) is 8.11. The van der Waals surface area contributed by atoms with Crippen LogP contribution in [-0.2, 0) is 0 Å². The highest BCUT2D eigenvalue weighted by Gasteiger charge is 2.27. The molecule has 1 aliphatic carbocycles. The van der Waals surface area contributed by atoms with E-state index in [1.165, 1.54) is 5.57 Å². The summed E-state index contributed by atoms with van der Waals surface area (Å²) in [7, 11) is 0. The number of nitrogens with one attached hydrogen (secondary N) is 1. The number of fused-ring (bicyclic) bond motifs is 1. The SMILES string of the molecule is CC(N)CC1=CC2C(CO)=CNC2C=C1. The molecule has 0 aromatic carbocycles. The molecule has 3 nitrogen and oxygen atoms in total. The highest BCUT2D eigenvalue weighted by Crippen LogP contribution is 2.29. The topological polar surface area (TPSA) is 58.3 Å². The molecule has 1 aliphatic heterocycles. The number of nitrogens with two attached hydrogens (primary N) is 1. The number of aliphatic hydroxyl groups is 1. The molecular weight excluding hydrogens is 188 g/mol. The van der Waals surface area contributed by atoms with E-state index in [9.17, 15) is 5.11 Å². The van der Waals surface area contributed by atoms with Crippen molar-refractivity contribution in [2.45, 2.75) is 25.4 Å². The van der Waals surface area contributed by atoms with E-state index in [1.807, 2.05) is 13.1 Å². The molecule has 0 saturated heterocycles. The third kappa shape index (κ3) is 2.13. The van der Waals surface area contributed by atoms with Crippen LogP contribution in [0.25, 0.3) is 0 Å². The molecule has 0 fully saturated rings. The van der Waals surface area contributed by atoms with Gasteiger partial charge in [0.05, 0.1) is 12.6 Å². The summed E-state index contributed by atoms with van der Waals surface area (Å²) >= 11 is 0. The number of rotatable bonds is 3. The van der Waals surface area contributed by atoms with Crippen LogP contribution in [0.15, 0.2) is 35.6 Å². The Labute approximate surface area is 90.4 Å². The Morgan fingerprint density at radius 1 is 1.60 bits per heavy atom. The van der Waals surface area contributed by atoms with Crippen molar-refractivity contribution in [3.63, 3.8) is 0 Å². The summed E-state index contributed by atoms with van der Waals surface area (Å²) in [6, 6.07) is 0.511. The molecule has 0 amide bonds. The normalized spacial score (nSPS) is 30.3. The fourth-order valence-electron chi connectivity index (χ4n) is 2.19. The summed E-state index contributed by atoms with van der Waals surface area (Å²) < 4.78 is 0. The molecular formula is C12H18N2O. The van der Waals surface area contributed by atoms with Crippen molar-refractivity contribution < 1.29 is 5.11 Å². The van der Waals surface area contributed by atoms with Gasteiger partial charge in [-0.2, -0.15) is 0 Å². The molecule has 0 saturated carbocycles. The molecule has 0 aromatic heterocycles. The summed E-state index contributed by atoms with van der Waals surface area (Å²) in [5.74, 6) is 0.314. The van der Waals surface area contributed by atoms with Gasteiger partial charge < -0.3 is 16.2 Å². The Morgan fingerprint density at radius 3 is 3.07 bits per heavy atom. The van der Waals surface area contributed by atoms with E-state index < -0.39 is 0 Å². The summed E-state index contributed by atoms with van der Waals surface area (Å²) in [6.45, 7) is 2.14. The van der Waals surface area contributed by atoms with Crippen molar-refractivity contribution in [2.24, 2.45) is 11.7 Å². The molecule has 3 unspecified atom stereocenters. The molecule has 0 bridgehead atoms. The largest absolute Gasteiger partial charge is 0.392 e. The van der Waals surface area contributed by atoms with Gasteiger partial charge in [-0.15, -0.1) is 0 Å². The fraction of sp³-hybridized carbons (Fsp3) is 0.500. The minimum Gasteiger partial charge on any atom is -0.392 e. The first-order valence-electron chi connectivity index (χ1n) is 5.41. The van der Waals surface area contributed by atoms with Gasteiger partial charge in [-0.25, -0.2) is 0 Å². The second-order valence-corrected chi connectivity index (χ2v) is 4.38. The van der Waals surface area contributed by atoms with Crippen LogP contribution < -0.4 is 11.1 Å². The molecule has 1 heterocycles. The lowest BCUT2D eigenvalue weighted by atomic mass is 9.87. The molecule has 0 spiro atoms. The summed E-state index contributed by atoms with van der Waals surface area (Å²) in [6.07, 6.45) is 9.33. The smallest absolute Gasteiger partial charge is 0.0665 e. The van der Waals surface area contributed by atoms with Gasteiger partial charge in [0.1, 0.15) is 0 Å². The lowest BCUT2D eigenvalue weighted by Crippen LogP contribution is -2.27. The minimum atomic E-state index is 0.129. The van der Waals surface area contributed by atoms with Crippen LogP contribution in [0.3, 0.4) is 0 Å². The van der Waals surface area contributed by atoms with Crippen LogP contribution in [-0.4, -0.2) is 23.8 Å². The molecule has 3 atom stereocenters. The average Bonchev–Trinajstić information content (AvgIpc) is 2.59. The Morgan fingerprint density at radius 2 is 2.40 bits per heavy atom. The van der Waals surface area contributed by atoms with E-state index >= 15 is 0 Å². The first-order chi connectivity index (χ1) is 7.20. The van der Waals surface area contributed by atoms with E-state index in [4.69, 9.17) is 5.73 Å². The Hall–Kier alpha value is -1.06. The van der Waals surface area contributed by atoms with E-state index in [0.29, 0.717) is 12.0 Å². The molecule has 15 heavy (non-hydrogen) atoms. The van der Waals surface area contributed by atoms with Crippen molar-refractivity contribution in [1.82, 2.24) is 5.32 Å². The van der Waals surface area contributed by atoms with Crippen molar-refractivity contribution >= 4 is 0 Å². The van der Waals surface area contributed by atoms with Crippen LogP contribution >= 0.6 is 0 Å². The first-order valence-corrected chi connectivity index (χ1v) is 5.41. The molecule has 2 rings (SSSR count). The third-order valence-electron chi connectivity index (χ3n) is 2.93. The van der Waals surface area contributed by atoms with Gasteiger partial charge in [0.25, 0.3) is 0 Å². The number of hydrogen-bond acceptors (Lipinski definition) is 3. The number of aliphatic hydroxyl groups excluding tert-OH is 1. The Kier molecular flexibility index (Phi) is 2.93.